The van der Waals surface area contributed by atoms with E-state index in [0.29, 0.717) is 22.2 Å². The second kappa shape index (κ2) is 6.29. The van der Waals surface area contributed by atoms with Crippen molar-refractivity contribution in [2.75, 3.05) is 11.9 Å². The van der Waals surface area contributed by atoms with Gasteiger partial charge >= 0.3 is 0 Å². The Kier molecular flexibility index (Phi) is 4.47. The van der Waals surface area contributed by atoms with Crippen LogP contribution in [0.15, 0.2) is 30.9 Å². The van der Waals surface area contributed by atoms with Gasteiger partial charge in [0.05, 0.1) is 5.69 Å². The van der Waals surface area contributed by atoms with Crippen LogP contribution in [0.2, 0.25) is 0 Å². The lowest BCUT2D eigenvalue weighted by molar-refractivity contribution is 0.0961. The number of anilines is 2. The molecule has 2 aromatic rings. The SMILES string of the molecule is C=CCNC(=O)c1sc(Nc2cccc(C)n2)nc1C. The number of aromatic nitrogens is 2. The molecule has 0 aliphatic carbocycles. The topological polar surface area (TPSA) is 66.9 Å². The van der Waals surface area contributed by atoms with Crippen molar-refractivity contribution in [3.05, 3.63) is 47.1 Å². The van der Waals surface area contributed by atoms with Crippen molar-refractivity contribution in [1.82, 2.24) is 15.3 Å². The molecule has 0 bridgehead atoms. The fraction of sp³-hybridized carbons (Fsp3) is 0.214. The molecule has 20 heavy (non-hydrogen) atoms. The Balaban J connectivity index is 2.14. The molecule has 2 N–H and O–H groups in total. The van der Waals surface area contributed by atoms with Gasteiger partial charge in [0.2, 0.25) is 0 Å². The van der Waals surface area contributed by atoms with Gasteiger partial charge in [-0.2, -0.15) is 0 Å². The number of pyridine rings is 1. The quantitative estimate of drug-likeness (QED) is 0.830. The molecular weight excluding hydrogens is 272 g/mol. The monoisotopic (exact) mass is 288 g/mol. The van der Waals surface area contributed by atoms with Crippen molar-refractivity contribution in [1.29, 1.82) is 0 Å². The van der Waals surface area contributed by atoms with E-state index in [0.717, 1.165) is 11.5 Å². The number of thiazole rings is 1. The molecule has 0 saturated heterocycles. The Morgan fingerprint density at radius 2 is 2.20 bits per heavy atom. The summed E-state index contributed by atoms with van der Waals surface area (Å²) in [5.41, 5.74) is 1.62. The lowest BCUT2D eigenvalue weighted by Crippen LogP contribution is -2.22. The maximum absolute atomic E-state index is 11.9. The minimum absolute atomic E-state index is 0.134. The number of carbonyl (C=O) groups excluding carboxylic acids is 1. The van der Waals surface area contributed by atoms with Crippen LogP contribution in [0, 0.1) is 13.8 Å². The number of hydrogen-bond donors (Lipinski definition) is 2. The number of amides is 1. The molecule has 0 fully saturated rings. The van der Waals surface area contributed by atoms with Crippen LogP contribution >= 0.6 is 11.3 Å². The van der Waals surface area contributed by atoms with Gasteiger partial charge in [0.25, 0.3) is 5.91 Å². The van der Waals surface area contributed by atoms with Gasteiger partial charge in [0.1, 0.15) is 10.7 Å². The van der Waals surface area contributed by atoms with Crippen LogP contribution in [0.5, 0.6) is 0 Å². The number of rotatable bonds is 5. The first-order valence-corrected chi connectivity index (χ1v) is 6.99. The van der Waals surface area contributed by atoms with Crippen molar-refractivity contribution in [3.63, 3.8) is 0 Å². The minimum atomic E-state index is -0.134. The largest absolute Gasteiger partial charge is 0.348 e. The van der Waals surface area contributed by atoms with E-state index in [4.69, 9.17) is 0 Å². The molecule has 1 amide bonds. The predicted octanol–water partition coefficient (Wildman–Crippen LogP) is 2.81. The third-order valence-electron chi connectivity index (χ3n) is 2.53. The highest BCUT2D eigenvalue weighted by Gasteiger charge is 2.14. The molecule has 104 valence electrons. The van der Waals surface area contributed by atoms with Gasteiger partial charge in [-0.15, -0.1) is 6.58 Å². The number of hydrogen-bond acceptors (Lipinski definition) is 5. The molecule has 0 spiro atoms. The van der Waals surface area contributed by atoms with Crippen LogP contribution in [-0.4, -0.2) is 22.4 Å². The average Bonchev–Trinajstić information content (AvgIpc) is 2.77. The summed E-state index contributed by atoms with van der Waals surface area (Å²) >= 11 is 1.31. The molecule has 0 aromatic carbocycles. The third kappa shape index (κ3) is 3.42. The zero-order chi connectivity index (χ0) is 14.5. The maximum Gasteiger partial charge on any atom is 0.263 e. The summed E-state index contributed by atoms with van der Waals surface area (Å²) in [6.45, 7) is 7.75. The number of nitrogens with one attached hydrogen (secondary N) is 2. The molecule has 0 aliphatic rings. The van der Waals surface area contributed by atoms with E-state index in [1.54, 1.807) is 6.08 Å². The first kappa shape index (κ1) is 14.2. The summed E-state index contributed by atoms with van der Waals surface area (Å²) in [5.74, 6) is 0.585. The van der Waals surface area contributed by atoms with Crippen molar-refractivity contribution in [2.45, 2.75) is 13.8 Å². The van der Waals surface area contributed by atoms with E-state index in [1.807, 2.05) is 32.0 Å². The normalized spacial score (nSPS) is 10.1. The molecule has 2 rings (SSSR count). The highest BCUT2D eigenvalue weighted by Crippen LogP contribution is 2.25. The first-order valence-electron chi connectivity index (χ1n) is 6.17. The zero-order valence-electron chi connectivity index (χ0n) is 11.4. The summed E-state index contributed by atoms with van der Waals surface area (Å²) in [7, 11) is 0. The Bertz CT molecular complexity index is 636. The molecule has 6 heteroatoms. The van der Waals surface area contributed by atoms with Crippen molar-refractivity contribution < 1.29 is 4.79 Å². The lowest BCUT2D eigenvalue weighted by atomic mass is 10.3. The van der Waals surface area contributed by atoms with Gasteiger partial charge in [-0.1, -0.05) is 23.5 Å². The van der Waals surface area contributed by atoms with E-state index in [9.17, 15) is 4.79 Å². The fourth-order valence-corrected chi connectivity index (χ4v) is 2.52. The Morgan fingerprint density at radius 3 is 2.90 bits per heavy atom. The predicted molar refractivity (Wildman–Crippen MR) is 81.6 cm³/mol. The summed E-state index contributed by atoms with van der Waals surface area (Å²) in [6.07, 6.45) is 1.64. The van der Waals surface area contributed by atoms with Gasteiger partial charge in [-0.3, -0.25) is 4.79 Å². The van der Waals surface area contributed by atoms with Crippen molar-refractivity contribution in [2.24, 2.45) is 0 Å². The highest BCUT2D eigenvalue weighted by atomic mass is 32.1. The van der Waals surface area contributed by atoms with Gasteiger partial charge < -0.3 is 10.6 Å². The third-order valence-corrected chi connectivity index (χ3v) is 3.60. The Morgan fingerprint density at radius 1 is 1.40 bits per heavy atom. The van der Waals surface area contributed by atoms with Crippen LogP contribution in [0.1, 0.15) is 21.1 Å². The first-order chi connectivity index (χ1) is 9.60. The zero-order valence-corrected chi connectivity index (χ0v) is 12.3. The molecule has 2 heterocycles. The van der Waals surface area contributed by atoms with E-state index >= 15 is 0 Å². The molecule has 0 saturated carbocycles. The fourth-order valence-electron chi connectivity index (χ4n) is 1.63. The molecule has 0 unspecified atom stereocenters. The van der Waals surface area contributed by atoms with E-state index in [1.165, 1.54) is 11.3 Å². The molecule has 5 nitrogen and oxygen atoms in total. The smallest absolute Gasteiger partial charge is 0.263 e. The summed E-state index contributed by atoms with van der Waals surface area (Å²) in [6, 6.07) is 5.70. The Hall–Kier alpha value is -2.21. The van der Waals surface area contributed by atoms with Gasteiger partial charge in [0.15, 0.2) is 5.13 Å². The van der Waals surface area contributed by atoms with Crippen LogP contribution in [0.4, 0.5) is 10.9 Å². The van der Waals surface area contributed by atoms with E-state index in [-0.39, 0.29) is 5.91 Å². The second-order valence-electron chi connectivity index (χ2n) is 4.22. The number of carbonyl (C=O) groups is 1. The van der Waals surface area contributed by atoms with Crippen molar-refractivity contribution in [3.8, 4) is 0 Å². The van der Waals surface area contributed by atoms with Crippen LogP contribution in [-0.2, 0) is 0 Å². The van der Waals surface area contributed by atoms with Crippen LogP contribution < -0.4 is 10.6 Å². The molecule has 0 aliphatic heterocycles. The second-order valence-corrected chi connectivity index (χ2v) is 5.22. The Labute approximate surface area is 121 Å². The van der Waals surface area contributed by atoms with Gasteiger partial charge in [0, 0.05) is 12.2 Å². The molecular formula is C14H16N4OS. The molecule has 2 aromatic heterocycles. The number of aryl methyl sites for hydroxylation is 2. The summed E-state index contributed by atoms with van der Waals surface area (Å²) in [5, 5.41) is 6.52. The molecule has 0 radical (unpaired) electrons. The number of nitrogens with zero attached hydrogens (tertiary/aromatic N) is 2. The standard InChI is InChI=1S/C14H16N4OS/c1-4-8-15-13(19)12-10(3)17-14(20-12)18-11-7-5-6-9(2)16-11/h4-7H,1,8H2,2-3H3,(H,15,19)(H,16,17,18). The highest BCUT2D eigenvalue weighted by molar-refractivity contribution is 7.17. The van der Waals surface area contributed by atoms with Crippen molar-refractivity contribution >= 4 is 28.2 Å². The van der Waals surface area contributed by atoms with Crippen LogP contribution in [0.25, 0.3) is 0 Å². The summed E-state index contributed by atoms with van der Waals surface area (Å²) < 4.78 is 0. The molecule has 0 atom stereocenters. The maximum atomic E-state index is 11.9. The summed E-state index contributed by atoms with van der Waals surface area (Å²) in [4.78, 5) is 21.2. The van der Waals surface area contributed by atoms with Crippen LogP contribution in [0.3, 0.4) is 0 Å². The van der Waals surface area contributed by atoms with Gasteiger partial charge in [-0.25, -0.2) is 9.97 Å². The van der Waals surface area contributed by atoms with Gasteiger partial charge in [-0.05, 0) is 26.0 Å². The minimum Gasteiger partial charge on any atom is -0.348 e. The van der Waals surface area contributed by atoms with E-state index in [2.05, 4.69) is 27.2 Å². The average molecular weight is 288 g/mol. The lowest BCUT2D eigenvalue weighted by Gasteiger charge is -2.01. The van der Waals surface area contributed by atoms with E-state index < -0.39 is 0 Å².